The van der Waals surface area contributed by atoms with E-state index < -0.39 is 17.0 Å². The minimum absolute atomic E-state index is 0.0643. The van der Waals surface area contributed by atoms with Crippen molar-refractivity contribution in [1.29, 1.82) is 0 Å². The summed E-state index contributed by atoms with van der Waals surface area (Å²) in [6, 6.07) is 0. The molecule has 18 heavy (non-hydrogen) atoms. The summed E-state index contributed by atoms with van der Waals surface area (Å²) in [6.45, 7) is 1.19. The van der Waals surface area contributed by atoms with Crippen molar-refractivity contribution in [2.45, 2.75) is 13.5 Å². The first-order valence-electron chi connectivity index (χ1n) is 5.17. The Morgan fingerprint density at radius 1 is 1.44 bits per heavy atom. The molecule has 2 heterocycles. The Labute approximate surface area is 101 Å². The average molecular weight is 249 g/mol. The maximum Gasteiger partial charge on any atom is 0.328 e. The standard InChI is InChI=1S/C10H11N5O3/c1-6(16)7-3-11-10(18)15(9(7)17)4-8-12-5-14(2)13-8/h3,5H,4H2,1-2H3,(H,11,18). The Balaban J connectivity index is 2.50. The number of aromatic nitrogens is 5. The number of H-pyrrole nitrogens is 1. The van der Waals surface area contributed by atoms with Gasteiger partial charge in [0, 0.05) is 13.2 Å². The molecule has 0 aromatic carbocycles. The van der Waals surface area contributed by atoms with Crippen LogP contribution in [-0.2, 0) is 13.6 Å². The van der Waals surface area contributed by atoms with Crippen molar-refractivity contribution in [3.8, 4) is 0 Å². The largest absolute Gasteiger partial charge is 0.328 e. The van der Waals surface area contributed by atoms with Gasteiger partial charge in [-0.1, -0.05) is 0 Å². The normalized spacial score (nSPS) is 10.6. The number of nitrogens with zero attached hydrogens (tertiary/aromatic N) is 4. The predicted molar refractivity (Wildman–Crippen MR) is 61.4 cm³/mol. The van der Waals surface area contributed by atoms with E-state index in [1.807, 2.05) is 0 Å². The van der Waals surface area contributed by atoms with Gasteiger partial charge in [0.25, 0.3) is 5.56 Å². The fourth-order valence-electron chi connectivity index (χ4n) is 1.50. The van der Waals surface area contributed by atoms with Gasteiger partial charge in [-0.2, -0.15) is 5.10 Å². The van der Waals surface area contributed by atoms with Crippen LogP contribution in [0.2, 0.25) is 0 Å². The summed E-state index contributed by atoms with van der Waals surface area (Å²) in [7, 11) is 1.68. The number of carbonyl (C=O) groups excluding carboxylic acids is 1. The van der Waals surface area contributed by atoms with E-state index in [1.165, 1.54) is 17.9 Å². The Hall–Kier alpha value is -2.51. The molecule has 0 aliphatic carbocycles. The van der Waals surface area contributed by atoms with Crippen LogP contribution in [0.4, 0.5) is 0 Å². The van der Waals surface area contributed by atoms with E-state index in [9.17, 15) is 14.4 Å². The molecule has 2 rings (SSSR count). The SMILES string of the molecule is CC(=O)c1c[nH]c(=O)n(Cc2ncn(C)n2)c1=O. The van der Waals surface area contributed by atoms with Crippen LogP contribution in [0.3, 0.4) is 0 Å². The lowest BCUT2D eigenvalue weighted by Crippen LogP contribution is -2.38. The van der Waals surface area contributed by atoms with Crippen LogP contribution in [-0.4, -0.2) is 30.1 Å². The van der Waals surface area contributed by atoms with E-state index in [0.717, 1.165) is 10.8 Å². The van der Waals surface area contributed by atoms with Crippen molar-refractivity contribution in [2.24, 2.45) is 7.05 Å². The van der Waals surface area contributed by atoms with Gasteiger partial charge in [0.15, 0.2) is 11.6 Å². The number of aryl methyl sites for hydroxylation is 1. The highest BCUT2D eigenvalue weighted by Crippen LogP contribution is 1.92. The number of rotatable bonds is 3. The zero-order chi connectivity index (χ0) is 13.3. The number of hydrogen-bond donors (Lipinski definition) is 1. The number of carbonyl (C=O) groups is 1. The van der Waals surface area contributed by atoms with Crippen LogP contribution in [0.5, 0.6) is 0 Å². The molecular formula is C10H11N5O3. The summed E-state index contributed by atoms with van der Waals surface area (Å²) in [6.07, 6.45) is 2.58. The summed E-state index contributed by atoms with van der Waals surface area (Å²) in [4.78, 5) is 40.9. The van der Waals surface area contributed by atoms with Gasteiger partial charge in [-0.3, -0.25) is 18.8 Å². The van der Waals surface area contributed by atoms with Gasteiger partial charge in [0.2, 0.25) is 0 Å². The molecular weight excluding hydrogens is 238 g/mol. The summed E-state index contributed by atoms with van der Waals surface area (Å²) in [5, 5.41) is 3.97. The fraction of sp³-hybridized carbons (Fsp3) is 0.300. The first-order valence-corrected chi connectivity index (χ1v) is 5.17. The van der Waals surface area contributed by atoms with Crippen LogP contribution in [0.15, 0.2) is 22.1 Å². The number of aromatic amines is 1. The number of nitrogens with one attached hydrogen (secondary N) is 1. The van der Waals surface area contributed by atoms with Gasteiger partial charge in [0.1, 0.15) is 6.33 Å². The molecule has 0 aliphatic heterocycles. The first-order chi connectivity index (χ1) is 8.49. The Bertz CT molecular complexity index is 709. The molecule has 0 aliphatic rings. The molecule has 0 spiro atoms. The first kappa shape index (κ1) is 12.0. The third kappa shape index (κ3) is 2.12. The molecule has 2 aromatic heterocycles. The molecule has 0 fully saturated rings. The van der Waals surface area contributed by atoms with Gasteiger partial charge >= 0.3 is 5.69 Å². The summed E-state index contributed by atoms with van der Waals surface area (Å²) in [5.41, 5.74) is -1.30. The molecule has 8 heteroatoms. The van der Waals surface area contributed by atoms with Gasteiger partial charge in [-0.25, -0.2) is 9.78 Å². The van der Waals surface area contributed by atoms with Crippen molar-refractivity contribution in [3.05, 3.63) is 44.8 Å². The zero-order valence-corrected chi connectivity index (χ0v) is 9.88. The van der Waals surface area contributed by atoms with E-state index >= 15 is 0 Å². The highest BCUT2D eigenvalue weighted by Gasteiger charge is 2.12. The minimum Gasteiger partial charge on any atom is -0.313 e. The van der Waals surface area contributed by atoms with Crippen LogP contribution in [0.25, 0.3) is 0 Å². The van der Waals surface area contributed by atoms with Crippen molar-refractivity contribution in [3.63, 3.8) is 0 Å². The molecule has 0 radical (unpaired) electrons. The van der Waals surface area contributed by atoms with Crippen LogP contribution in [0.1, 0.15) is 23.1 Å². The van der Waals surface area contributed by atoms with Gasteiger partial charge < -0.3 is 4.98 Å². The van der Waals surface area contributed by atoms with Crippen LogP contribution in [0, 0.1) is 0 Å². The third-order valence-corrected chi connectivity index (χ3v) is 2.39. The molecule has 2 aromatic rings. The Morgan fingerprint density at radius 2 is 2.17 bits per heavy atom. The lowest BCUT2D eigenvalue weighted by atomic mass is 10.2. The lowest BCUT2D eigenvalue weighted by Gasteiger charge is -2.02. The molecule has 0 saturated carbocycles. The summed E-state index contributed by atoms with van der Waals surface area (Å²) < 4.78 is 2.36. The zero-order valence-electron chi connectivity index (χ0n) is 9.88. The topological polar surface area (TPSA) is 103 Å². The highest BCUT2D eigenvalue weighted by molar-refractivity contribution is 5.93. The van der Waals surface area contributed by atoms with Crippen molar-refractivity contribution in [1.82, 2.24) is 24.3 Å². The van der Waals surface area contributed by atoms with Gasteiger partial charge in [0.05, 0.1) is 12.1 Å². The summed E-state index contributed by atoms with van der Waals surface area (Å²) in [5.74, 6) is -0.0789. The molecule has 0 amide bonds. The molecule has 0 atom stereocenters. The Kier molecular flexibility index (Phi) is 2.92. The molecule has 8 nitrogen and oxygen atoms in total. The van der Waals surface area contributed by atoms with E-state index in [-0.39, 0.29) is 12.1 Å². The predicted octanol–water partition coefficient (Wildman–Crippen LogP) is -1.08. The van der Waals surface area contributed by atoms with E-state index in [0.29, 0.717) is 5.82 Å². The van der Waals surface area contributed by atoms with Gasteiger partial charge in [-0.05, 0) is 6.92 Å². The highest BCUT2D eigenvalue weighted by atomic mass is 16.2. The second-order valence-electron chi connectivity index (χ2n) is 3.79. The third-order valence-electron chi connectivity index (χ3n) is 2.39. The molecule has 1 N–H and O–H groups in total. The van der Waals surface area contributed by atoms with Crippen molar-refractivity contribution >= 4 is 5.78 Å². The average Bonchev–Trinajstić information content (AvgIpc) is 2.69. The van der Waals surface area contributed by atoms with Crippen molar-refractivity contribution in [2.75, 3.05) is 0 Å². The molecule has 0 saturated heterocycles. The number of ketones is 1. The summed E-state index contributed by atoms with van der Waals surface area (Å²) >= 11 is 0. The van der Waals surface area contributed by atoms with Gasteiger partial charge in [-0.15, -0.1) is 0 Å². The molecule has 0 bridgehead atoms. The fourth-order valence-corrected chi connectivity index (χ4v) is 1.50. The second kappa shape index (κ2) is 4.40. The lowest BCUT2D eigenvalue weighted by molar-refractivity contribution is 0.101. The van der Waals surface area contributed by atoms with E-state index in [1.54, 1.807) is 7.05 Å². The maximum atomic E-state index is 11.9. The smallest absolute Gasteiger partial charge is 0.313 e. The van der Waals surface area contributed by atoms with Crippen LogP contribution < -0.4 is 11.2 Å². The maximum absolute atomic E-state index is 11.9. The van der Waals surface area contributed by atoms with Crippen LogP contribution >= 0.6 is 0 Å². The monoisotopic (exact) mass is 249 g/mol. The molecule has 0 unspecified atom stereocenters. The van der Waals surface area contributed by atoms with E-state index in [4.69, 9.17) is 0 Å². The quantitative estimate of drug-likeness (QED) is 0.697. The van der Waals surface area contributed by atoms with Crippen molar-refractivity contribution < 1.29 is 4.79 Å². The number of hydrogen-bond acceptors (Lipinski definition) is 5. The number of Topliss-reactive ketones (excluding diaryl/α,β-unsaturated/α-hetero) is 1. The Morgan fingerprint density at radius 3 is 2.72 bits per heavy atom. The minimum atomic E-state index is -0.640. The van der Waals surface area contributed by atoms with E-state index in [2.05, 4.69) is 15.1 Å². The molecule has 94 valence electrons. The second-order valence-corrected chi connectivity index (χ2v) is 3.79.